The first-order valence-electron chi connectivity index (χ1n) is 7.84. The lowest BCUT2D eigenvalue weighted by Crippen LogP contribution is -2.36. The van der Waals surface area contributed by atoms with Crippen LogP contribution in [0.4, 0.5) is 0 Å². The lowest BCUT2D eigenvalue weighted by molar-refractivity contribution is -0.0452. The van der Waals surface area contributed by atoms with Gasteiger partial charge in [0.1, 0.15) is 0 Å². The SMILES string of the molecule is CC1CCCCC1OCC(O)CNCC1CCOC1. The van der Waals surface area contributed by atoms with E-state index in [1.165, 1.54) is 19.3 Å². The Hall–Kier alpha value is -0.160. The predicted octanol–water partition coefficient (Wildman–Crippen LogP) is 1.57. The van der Waals surface area contributed by atoms with Crippen LogP contribution in [-0.4, -0.2) is 50.2 Å². The first-order valence-corrected chi connectivity index (χ1v) is 7.84. The zero-order valence-electron chi connectivity index (χ0n) is 12.1. The standard InChI is InChI=1S/C15H29NO3/c1-12-4-2-3-5-15(12)19-11-14(17)9-16-8-13-6-7-18-10-13/h12-17H,2-11H2,1H3. The minimum atomic E-state index is -0.392. The second-order valence-electron chi connectivity index (χ2n) is 6.18. The van der Waals surface area contributed by atoms with Crippen LogP contribution in [0, 0.1) is 11.8 Å². The molecular weight excluding hydrogens is 242 g/mol. The zero-order valence-corrected chi connectivity index (χ0v) is 12.1. The Labute approximate surface area is 116 Å². The fraction of sp³-hybridized carbons (Fsp3) is 1.00. The molecule has 1 saturated carbocycles. The van der Waals surface area contributed by atoms with Crippen molar-refractivity contribution in [3.8, 4) is 0 Å². The maximum absolute atomic E-state index is 9.92. The number of rotatable bonds is 7. The third-order valence-electron chi connectivity index (χ3n) is 4.37. The molecule has 0 radical (unpaired) electrons. The van der Waals surface area contributed by atoms with Gasteiger partial charge in [-0.3, -0.25) is 0 Å². The van der Waals surface area contributed by atoms with Crippen molar-refractivity contribution < 1.29 is 14.6 Å². The number of hydrogen-bond donors (Lipinski definition) is 2. The van der Waals surface area contributed by atoms with Crippen molar-refractivity contribution in [2.24, 2.45) is 11.8 Å². The van der Waals surface area contributed by atoms with Gasteiger partial charge < -0.3 is 19.9 Å². The molecule has 2 rings (SSSR count). The molecule has 4 nitrogen and oxygen atoms in total. The van der Waals surface area contributed by atoms with E-state index in [4.69, 9.17) is 9.47 Å². The van der Waals surface area contributed by atoms with E-state index in [9.17, 15) is 5.11 Å². The van der Waals surface area contributed by atoms with Gasteiger partial charge in [0.15, 0.2) is 0 Å². The highest BCUT2D eigenvalue weighted by Gasteiger charge is 2.22. The highest BCUT2D eigenvalue weighted by Crippen LogP contribution is 2.26. The van der Waals surface area contributed by atoms with Gasteiger partial charge in [0, 0.05) is 19.7 Å². The smallest absolute Gasteiger partial charge is 0.0897 e. The average molecular weight is 271 g/mol. The molecule has 0 aromatic rings. The monoisotopic (exact) mass is 271 g/mol. The second-order valence-corrected chi connectivity index (χ2v) is 6.18. The highest BCUT2D eigenvalue weighted by molar-refractivity contribution is 4.73. The lowest BCUT2D eigenvalue weighted by atomic mass is 9.88. The quantitative estimate of drug-likeness (QED) is 0.738. The van der Waals surface area contributed by atoms with Gasteiger partial charge in [0.25, 0.3) is 0 Å². The molecule has 0 amide bonds. The summed E-state index contributed by atoms with van der Waals surface area (Å²) in [6.45, 7) is 6.03. The molecule has 0 bridgehead atoms. The van der Waals surface area contributed by atoms with E-state index in [-0.39, 0.29) is 0 Å². The summed E-state index contributed by atoms with van der Waals surface area (Å²) in [6, 6.07) is 0. The number of nitrogens with one attached hydrogen (secondary N) is 1. The van der Waals surface area contributed by atoms with E-state index in [0.29, 0.717) is 31.1 Å². The van der Waals surface area contributed by atoms with Gasteiger partial charge >= 0.3 is 0 Å². The molecule has 112 valence electrons. The molecule has 1 aliphatic carbocycles. The third kappa shape index (κ3) is 5.38. The summed E-state index contributed by atoms with van der Waals surface area (Å²) in [5.41, 5.74) is 0. The van der Waals surface area contributed by atoms with Gasteiger partial charge in [-0.25, -0.2) is 0 Å². The molecular formula is C15H29NO3. The van der Waals surface area contributed by atoms with Crippen LogP contribution in [0.15, 0.2) is 0 Å². The zero-order chi connectivity index (χ0) is 13.5. The molecule has 0 aromatic heterocycles. The molecule has 4 unspecified atom stereocenters. The molecule has 4 atom stereocenters. The van der Waals surface area contributed by atoms with Crippen molar-refractivity contribution in [2.45, 2.75) is 51.2 Å². The van der Waals surface area contributed by atoms with E-state index in [1.54, 1.807) is 0 Å². The van der Waals surface area contributed by atoms with E-state index < -0.39 is 6.10 Å². The maximum Gasteiger partial charge on any atom is 0.0897 e. The van der Waals surface area contributed by atoms with Gasteiger partial charge in [-0.05, 0) is 31.1 Å². The maximum atomic E-state index is 9.92. The fourth-order valence-corrected chi connectivity index (χ4v) is 3.02. The molecule has 19 heavy (non-hydrogen) atoms. The number of aliphatic hydroxyl groups is 1. The Morgan fingerprint density at radius 1 is 1.32 bits per heavy atom. The van der Waals surface area contributed by atoms with Crippen molar-refractivity contribution in [3.63, 3.8) is 0 Å². The fourth-order valence-electron chi connectivity index (χ4n) is 3.02. The highest BCUT2D eigenvalue weighted by atomic mass is 16.5. The Bertz CT molecular complexity index is 244. The Kier molecular flexibility index (Phi) is 6.57. The normalized spacial score (nSPS) is 33.5. The summed E-state index contributed by atoms with van der Waals surface area (Å²) in [5, 5.41) is 13.2. The minimum Gasteiger partial charge on any atom is -0.389 e. The lowest BCUT2D eigenvalue weighted by Gasteiger charge is -2.29. The van der Waals surface area contributed by atoms with E-state index in [2.05, 4.69) is 12.2 Å². The van der Waals surface area contributed by atoms with Gasteiger partial charge in [-0.1, -0.05) is 19.8 Å². The number of ether oxygens (including phenoxy) is 2. The Morgan fingerprint density at radius 3 is 2.89 bits per heavy atom. The van der Waals surface area contributed by atoms with Crippen molar-refractivity contribution in [1.82, 2.24) is 5.32 Å². The van der Waals surface area contributed by atoms with Crippen molar-refractivity contribution >= 4 is 0 Å². The first-order chi connectivity index (χ1) is 9.25. The van der Waals surface area contributed by atoms with Gasteiger partial charge in [0.2, 0.25) is 0 Å². The van der Waals surface area contributed by atoms with Crippen LogP contribution in [-0.2, 0) is 9.47 Å². The van der Waals surface area contributed by atoms with Crippen LogP contribution < -0.4 is 5.32 Å². The molecule has 2 N–H and O–H groups in total. The molecule has 0 aromatic carbocycles. The summed E-state index contributed by atoms with van der Waals surface area (Å²) < 4.78 is 11.2. The van der Waals surface area contributed by atoms with E-state index in [0.717, 1.165) is 32.6 Å². The summed E-state index contributed by atoms with van der Waals surface area (Å²) >= 11 is 0. The van der Waals surface area contributed by atoms with Gasteiger partial charge in [0.05, 0.1) is 25.4 Å². The molecule has 4 heteroatoms. The Balaban J connectivity index is 1.52. The summed E-state index contributed by atoms with van der Waals surface area (Å²) in [4.78, 5) is 0. The van der Waals surface area contributed by atoms with Gasteiger partial charge in [-0.2, -0.15) is 0 Å². The van der Waals surface area contributed by atoms with Crippen LogP contribution >= 0.6 is 0 Å². The molecule has 0 spiro atoms. The molecule has 2 aliphatic rings. The first kappa shape index (κ1) is 15.2. The van der Waals surface area contributed by atoms with Crippen LogP contribution in [0.3, 0.4) is 0 Å². The van der Waals surface area contributed by atoms with E-state index in [1.807, 2.05) is 0 Å². The molecule has 1 aliphatic heterocycles. The van der Waals surface area contributed by atoms with Crippen molar-refractivity contribution in [2.75, 3.05) is 32.9 Å². The summed E-state index contributed by atoms with van der Waals surface area (Å²) in [5.74, 6) is 1.26. The van der Waals surface area contributed by atoms with Crippen LogP contribution in [0.25, 0.3) is 0 Å². The summed E-state index contributed by atoms with van der Waals surface area (Å²) in [6.07, 6.45) is 6.11. The van der Waals surface area contributed by atoms with Gasteiger partial charge in [-0.15, -0.1) is 0 Å². The van der Waals surface area contributed by atoms with Crippen molar-refractivity contribution in [3.05, 3.63) is 0 Å². The van der Waals surface area contributed by atoms with Crippen molar-refractivity contribution in [1.29, 1.82) is 0 Å². The van der Waals surface area contributed by atoms with Crippen LogP contribution in [0.1, 0.15) is 39.0 Å². The largest absolute Gasteiger partial charge is 0.389 e. The third-order valence-corrected chi connectivity index (χ3v) is 4.37. The van der Waals surface area contributed by atoms with Crippen LogP contribution in [0.5, 0.6) is 0 Å². The topological polar surface area (TPSA) is 50.7 Å². The average Bonchev–Trinajstić information content (AvgIpc) is 2.91. The second kappa shape index (κ2) is 8.20. The minimum absolute atomic E-state index is 0.353. The Morgan fingerprint density at radius 2 is 2.16 bits per heavy atom. The number of hydrogen-bond acceptors (Lipinski definition) is 4. The molecule has 1 heterocycles. The summed E-state index contributed by atoms with van der Waals surface area (Å²) in [7, 11) is 0. The predicted molar refractivity (Wildman–Crippen MR) is 75.2 cm³/mol. The molecule has 2 fully saturated rings. The van der Waals surface area contributed by atoms with Crippen LogP contribution in [0.2, 0.25) is 0 Å². The number of aliphatic hydroxyl groups excluding tert-OH is 1. The van der Waals surface area contributed by atoms with E-state index >= 15 is 0 Å². The molecule has 1 saturated heterocycles.